The Kier molecular flexibility index (Phi) is 6.76. The van der Waals surface area contributed by atoms with E-state index < -0.39 is 5.97 Å². The number of carbonyl (C=O) groups excluding carboxylic acids is 2. The summed E-state index contributed by atoms with van der Waals surface area (Å²) in [7, 11) is 0. The van der Waals surface area contributed by atoms with Crippen molar-refractivity contribution in [1.29, 1.82) is 0 Å². The Hall–Kier alpha value is -1.39. The number of carboxylic acids is 1. The van der Waals surface area contributed by atoms with Crippen molar-refractivity contribution in [2.24, 2.45) is 46.3 Å². The summed E-state index contributed by atoms with van der Waals surface area (Å²) in [6, 6.07) is 0. The van der Waals surface area contributed by atoms with Gasteiger partial charge in [-0.05, 0) is 97.7 Å². The Labute approximate surface area is 193 Å². The van der Waals surface area contributed by atoms with Gasteiger partial charge in [0.2, 0.25) is 5.91 Å². The van der Waals surface area contributed by atoms with Gasteiger partial charge < -0.3 is 10.4 Å². The van der Waals surface area contributed by atoms with Gasteiger partial charge in [-0.1, -0.05) is 20.8 Å². The van der Waals surface area contributed by atoms with Gasteiger partial charge in [0.05, 0.1) is 6.42 Å². The first-order chi connectivity index (χ1) is 15.1. The van der Waals surface area contributed by atoms with Gasteiger partial charge in [-0.25, -0.2) is 0 Å². The molecule has 4 aliphatic rings. The highest BCUT2D eigenvalue weighted by molar-refractivity contribution is 5.79. The molecule has 4 fully saturated rings. The molecule has 4 rings (SSSR count). The Bertz CT molecular complexity index is 750. The Morgan fingerprint density at radius 3 is 2.53 bits per heavy atom. The maximum atomic E-state index is 12.2. The number of fused-ring (bicyclic) bond motifs is 5. The van der Waals surface area contributed by atoms with Crippen LogP contribution in [0.2, 0.25) is 0 Å². The molecule has 0 heterocycles. The molecule has 0 unspecified atom stereocenters. The normalized spacial score (nSPS) is 41.8. The largest absolute Gasteiger partial charge is 0.481 e. The maximum Gasteiger partial charge on any atom is 0.305 e. The van der Waals surface area contributed by atoms with Crippen LogP contribution in [0.25, 0.3) is 0 Å². The zero-order chi connectivity index (χ0) is 23.1. The van der Waals surface area contributed by atoms with Gasteiger partial charge in [-0.3, -0.25) is 14.4 Å². The molecule has 5 heteroatoms. The van der Waals surface area contributed by atoms with E-state index in [0.717, 1.165) is 43.4 Å². The number of aliphatic carboxylic acids is 1. The van der Waals surface area contributed by atoms with Crippen LogP contribution in [0, 0.1) is 46.3 Å². The van der Waals surface area contributed by atoms with Crippen LogP contribution >= 0.6 is 0 Å². The van der Waals surface area contributed by atoms with Crippen molar-refractivity contribution < 1.29 is 19.5 Å². The lowest BCUT2D eigenvalue weighted by Crippen LogP contribution is -2.53. The van der Waals surface area contributed by atoms with Crippen LogP contribution < -0.4 is 5.32 Å². The standard InChI is InChI=1S/C27H43NO4/c1-17(4-9-24(30)28-15-12-25(31)32)21-7-8-22-20-6-5-18-16-19(29)10-13-26(18,2)23(20)11-14-27(21,22)3/h17-18,20-23H,4-16H2,1-3H3,(H,28,30)(H,31,32)/t17-,18-,20+,21-,22+,23+,26+,27-/m1/s1. The van der Waals surface area contributed by atoms with Crippen molar-refractivity contribution in [3.05, 3.63) is 0 Å². The van der Waals surface area contributed by atoms with E-state index in [1.807, 2.05) is 0 Å². The number of rotatable bonds is 7. The number of amides is 1. The van der Waals surface area contributed by atoms with E-state index in [4.69, 9.17) is 5.11 Å². The minimum atomic E-state index is -0.873. The van der Waals surface area contributed by atoms with Gasteiger partial charge in [-0.2, -0.15) is 0 Å². The second-order valence-corrected chi connectivity index (χ2v) is 12.1. The van der Waals surface area contributed by atoms with Crippen molar-refractivity contribution in [3.8, 4) is 0 Å². The summed E-state index contributed by atoms with van der Waals surface area (Å²) in [6.45, 7) is 7.62. The zero-order valence-electron chi connectivity index (χ0n) is 20.3. The van der Waals surface area contributed by atoms with Gasteiger partial charge in [-0.15, -0.1) is 0 Å². The van der Waals surface area contributed by atoms with E-state index in [1.54, 1.807) is 0 Å². The average molecular weight is 446 g/mol. The van der Waals surface area contributed by atoms with Crippen LogP contribution in [0.15, 0.2) is 0 Å². The van der Waals surface area contributed by atoms with E-state index >= 15 is 0 Å². The number of nitrogens with one attached hydrogen (secondary N) is 1. The van der Waals surface area contributed by atoms with E-state index in [2.05, 4.69) is 26.1 Å². The van der Waals surface area contributed by atoms with E-state index in [1.165, 1.54) is 38.5 Å². The molecule has 0 spiro atoms. The number of carboxylic acid groups (broad SMARTS) is 1. The number of carbonyl (C=O) groups is 3. The summed E-state index contributed by atoms with van der Waals surface area (Å²) in [4.78, 5) is 34.9. The first kappa shape index (κ1) is 23.8. The fourth-order valence-corrected chi connectivity index (χ4v) is 8.98. The summed E-state index contributed by atoms with van der Waals surface area (Å²) in [5, 5.41) is 11.5. The fourth-order valence-electron chi connectivity index (χ4n) is 8.98. The minimum absolute atomic E-state index is 0.0137. The van der Waals surface area contributed by atoms with Crippen molar-refractivity contribution in [2.75, 3.05) is 6.54 Å². The van der Waals surface area contributed by atoms with Crippen LogP contribution in [0.5, 0.6) is 0 Å². The summed E-state index contributed by atoms with van der Waals surface area (Å²) < 4.78 is 0. The molecule has 0 aromatic rings. The van der Waals surface area contributed by atoms with Crippen LogP contribution in [-0.4, -0.2) is 29.3 Å². The summed E-state index contributed by atoms with van der Waals surface area (Å²) in [5.74, 6) is 3.83. The quantitative estimate of drug-likeness (QED) is 0.563. The molecule has 0 saturated heterocycles. The molecule has 32 heavy (non-hydrogen) atoms. The van der Waals surface area contributed by atoms with Crippen molar-refractivity contribution >= 4 is 17.7 Å². The minimum Gasteiger partial charge on any atom is -0.481 e. The molecule has 0 aliphatic heterocycles. The molecule has 4 saturated carbocycles. The molecule has 4 aliphatic carbocycles. The summed E-state index contributed by atoms with van der Waals surface area (Å²) in [6.07, 6.45) is 11.9. The maximum absolute atomic E-state index is 12.2. The average Bonchev–Trinajstić information content (AvgIpc) is 3.09. The predicted octanol–water partition coefficient (Wildman–Crippen LogP) is 5.22. The Balaban J connectivity index is 1.37. The second-order valence-electron chi connectivity index (χ2n) is 12.1. The van der Waals surface area contributed by atoms with Gasteiger partial charge in [0, 0.05) is 25.8 Å². The van der Waals surface area contributed by atoms with Crippen LogP contribution in [0.4, 0.5) is 0 Å². The van der Waals surface area contributed by atoms with Crippen LogP contribution in [0.3, 0.4) is 0 Å². The molecule has 0 aromatic heterocycles. The predicted molar refractivity (Wildman–Crippen MR) is 124 cm³/mol. The van der Waals surface area contributed by atoms with E-state index in [-0.39, 0.29) is 18.9 Å². The fraction of sp³-hybridized carbons (Fsp3) is 0.889. The topological polar surface area (TPSA) is 83.5 Å². The van der Waals surface area contributed by atoms with Crippen molar-refractivity contribution in [3.63, 3.8) is 0 Å². The molecule has 1 amide bonds. The molecular weight excluding hydrogens is 402 g/mol. The molecular formula is C27H43NO4. The Morgan fingerprint density at radius 1 is 1.03 bits per heavy atom. The third-order valence-corrected chi connectivity index (χ3v) is 10.7. The van der Waals surface area contributed by atoms with Crippen LogP contribution in [0.1, 0.15) is 97.8 Å². The summed E-state index contributed by atoms with van der Waals surface area (Å²) >= 11 is 0. The van der Waals surface area contributed by atoms with Gasteiger partial charge >= 0.3 is 5.97 Å². The second kappa shape index (κ2) is 9.10. The number of hydrogen-bond acceptors (Lipinski definition) is 3. The lowest BCUT2D eigenvalue weighted by atomic mass is 9.44. The third kappa shape index (κ3) is 4.25. The molecule has 180 valence electrons. The first-order valence-electron chi connectivity index (χ1n) is 13.2. The highest BCUT2D eigenvalue weighted by Crippen LogP contribution is 2.68. The lowest BCUT2D eigenvalue weighted by Gasteiger charge is -2.60. The molecule has 0 aromatic carbocycles. The lowest BCUT2D eigenvalue weighted by molar-refractivity contribution is -0.140. The van der Waals surface area contributed by atoms with E-state index in [9.17, 15) is 14.4 Å². The number of hydrogen-bond donors (Lipinski definition) is 2. The highest BCUT2D eigenvalue weighted by Gasteiger charge is 2.60. The van der Waals surface area contributed by atoms with Gasteiger partial charge in [0.1, 0.15) is 5.78 Å². The van der Waals surface area contributed by atoms with Crippen molar-refractivity contribution in [1.82, 2.24) is 5.32 Å². The highest BCUT2D eigenvalue weighted by atomic mass is 16.4. The van der Waals surface area contributed by atoms with Gasteiger partial charge in [0.15, 0.2) is 0 Å². The molecule has 8 atom stereocenters. The van der Waals surface area contributed by atoms with Gasteiger partial charge in [0.25, 0.3) is 0 Å². The smallest absolute Gasteiger partial charge is 0.305 e. The third-order valence-electron chi connectivity index (χ3n) is 10.7. The van der Waals surface area contributed by atoms with Crippen LogP contribution in [-0.2, 0) is 14.4 Å². The van der Waals surface area contributed by atoms with Crippen molar-refractivity contribution in [2.45, 2.75) is 97.8 Å². The first-order valence-corrected chi connectivity index (χ1v) is 13.2. The molecule has 0 radical (unpaired) electrons. The SMILES string of the molecule is C[C@H](CCC(=O)NCCC(=O)O)[C@H]1CC[C@H]2[C@@H]3CC[C@@H]4CC(=O)CC[C@]4(C)[C@H]3CC[C@]12C. The molecule has 5 nitrogen and oxygen atoms in total. The number of ketones is 1. The zero-order valence-corrected chi connectivity index (χ0v) is 20.3. The molecule has 0 bridgehead atoms. The molecule has 2 N–H and O–H groups in total. The Morgan fingerprint density at radius 2 is 1.78 bits per heavy atom. The van der Waals surface area contributed by atoms with E-state index in [0.29, 0.717) is 40.8 Å². The monoisotopic (exact) mass is 445 g/mol. The number of Topliss-reactive ketones (excluding diaryl/α,β-unsaturated/α-hetero) is 1. The summed E-state index contributed by atoms with van der Waals surface area (Å²) in [5.41, 5.74) is 0.754.